The van der Waals surface area contributed by atoms with Crippen LogP contribution in [-0.4, -0.2) is 9.13 Å². The van der Waals surface area contributed by atoms with Crippen LogP contribution in [0, 0.1) is 17.9 Å². The molecule has 0 aliphatic rings. The average Bonchev–Trinajstić information content (AvgIpc) is 4.45. The Morgan fingerprint density at radius 2 is 0.838 bits per heavy atom. The Hall–Kier alpha value is -10.3. The third-order valence-corrected chi connectivity index (χ3v) is 18.5. The van der Waals surface area contributed by atoms with Crippen LogP contribution in [-0.2, 0) is 0 Å². The largest absolute Gasteiger partial charge is 0.318 e. The van der Waals surface area contributed by atoms with Gasteiger partial charge in [0.05, 0.1) is 55.0 Å². The lowest BCUT2D eigenvalue weighted by atomic mass is 9.86. The van der Waals surface area contributed by atoms with Crippen molar-refractivity contribution < 1.29 is 0 Å². The topological polar surface area (TPSA) is 38.0 Å². The molecule has 0 atom stereocenters. The summed E-state index contributed by atoms with van der Waals surface area (Å²) in [6, 6.07) is 93.3. The van der Waals surface area contributed by atoms with E-state index >= 15 is 0 Å². The molecule has 4 aromatic heterocycles. The third kappa shape index (κ3) is 6.77. The molecule has 80 heavy (non-hydrogen) atoms. The van der Waals surface area contributed by atoms with Crippen molar-refractivity contribution in [1.29, 1.82) is 5.26 Å². The summed E-state index contributed by atoms with van der Waals surface area (Å²) in [6.45, 7) is 9.71. The fourth-order valence-corrected chi connectivity index (χ4v) is 15.3. The van der Waals surface area contributed by atoms with Crippen LogP contribution >= 0.6 is 22.7 Å². The number of fused-ring (bicyclic) bond motifs is 14. The Kier molecular flexibility index (Phi) is 10.4. The van der Waals surface area contributed by atoms with Gasteiger partial charge in [-0.05, 0) is 93.0 Å². The first-order valence-corrected chi connectivity index (χ1v) is 28.4. The van der Waals surface area contributed by atoms with Crippen molar-refractivity contribution in [3.8, 4) is 73.1 Å². The molecule has 0 radical (unpaired) electrons. The van der Waals surface area contributed by atoms with Crippen molar-refractivity contribution in [2.75, 3.05) is 0 Å². The summed E-state index contributed by atoms with van der Waals surface area (Å²) in [6.07, 6.45) is 0. The second-order valence-electron chi connectivity index (χ2n) is 20.4. The number of rotatable bonds is 7. The van der Waals surface area contributed by atoms with Crippen LogP contribution in [0.25, 0.3) is 156 Å². The van der Waals surface area contributed by atoms with Gasteiger partial charge in [-0.1, -0.05) is 206 Å². The predicted molar refractivity (Wildman–Crippen MR) is 339 cm³/mol. The number of hydrogen-bond acceptors (Lipinski definition) is 3. The van der Waals surface area contributed by atoms with E-state index in [2.05, 4.69) is 252 Å². The zero-order valence-electron chi connectivity index (χ0n) is 42.9. The smallest absolute Gasteiger partial charge is 0.220 e. The standard InChI is InChI=1S/C74H42N4S2/c1-76-68-65(51-41-49(45-22-6-2-7-23-45)40-50(42-51)46-24-8-3-9-25-46)60(44-75)69(66(48-28-12-5-13-29-48)72(68)77-61-34-18-14-30-52(61)53-31-15-19-35-62(53)77)78-70-55(38-39-56-54-32-16-20-36-63(54)79-73(56)70)59-43-58(47-26-10-4-11-27-47)67-57-33-17-21-37-64(57)80-74(67)71(59)78/h2-43H. The van der Waals surface area contributed by atoms with Crippen LogP contribution in [0.1, 0.15) is 5.56 Å². The summed E-state index contributed by atoms with van der Waals surface area (Å²) in [4.78, 5) is 4.74. The highest BCUT2D eigenvalue weighted by Crippen LogP contribution is 2.56. The molecule has 370 valence electrons. The summed E-state index contributed by atoms with van der Waals surface area (Å²) in [5.41, 5.74) is 15.6. The summed E-state index contributed by atoms with van der Waals surface area (Å²) >= 11 is 3.61. The molecule has 0 bridgehead atoms. The SMILES string of the molecule is [C-]#[N+]c1c(-c2cc(-c3ccccc3)cc(-c3ccccc3)c2)c(C#N)c(-n2c3c(ccc4c5ccccc5sc43)c3cc(-c4ccccc4)c4c5ccccc5sc4c32)c(-c2ccccc2)c1-n1c2ccccc2c2ccccc21. The molecule has 6 heteroatoms. The number of thiophene rings is 2. The highest BCUT2D eigenvalue weighted by atomic mass is 32.1. The highest BCUT2D eigenvalue weighted by molar-refractivity contribution is 7.27. The van der Waals surface area contributed by atoms with Crippen LogP contribution in [0.2, 0.25) is 0 Å². The van der Waals surface area contributed by atoms with Gasteiger partial charge in [-0.25, -0.2) is 4.85 Å². The fraction of sp³-hybridized carbons (Fsp3) is 0. The van der Waals surface area contributed by atoms with Crippen LogP contribution in [0.3, 0.4) is 0 Å². The van der Waals surface area contributed by atoms with Crippen LogP contribution < -0.4 is 0 Å². The van der Waals surface area contributed by atoms with E-state index in [0.717, 1.165) is 114 Å². The second-order valence-corrected chi connectivity index (χ2v) is 22.5. The van der Waals surface area contributed by atoms with Gasteiger partial charge in [0.25, 0.3) is 0 Å². The highest BCUT2D eigenvalue weighted by Gasteiger charge is 2.34. The Labute approximate surface area is 468 Å². The molecule has 0 N–H and O–H groups in total. The maximum Gasteiger partial charge on any atom is 0.220 e. The van der Waals surface area contributed by atoms with Gasteiger partial charge in [-0.3, -0.25) is 0 Å². The Balaban J connectivity index is 1.21. The lowest BCUT2D eigenvalue weighted by Crippen LogP contribution is -2.09. The van der Waals surface area contributed by atoms with E-state index in [1.54, 1.807) is 11.3 Å². The van der Waals surface area contributed by atoms with Crippen molar-refractivity contribution in [3.05, 3.63) is 272 Å². The summed E-state index contributed by atoms with van der Waals surface area (Å²) < 4.78 is 9.42. The zero-order chi connectivity index (χ0) is 53.0. The maximum absolute atomic E-state index is 12.7. The Morgan fingerprint density at radius 1 is 0.362 bits per heavy atom. The van der Waals surface area contributed by atoms with E-state index in [0.29, 0.717) is 22.5 Å². The number of hydrogen-bond donors (Lipinski definition) is 0. The summed E-state index contributed by atoms with van der Waals surface area (Å²) in [7, 11) is 0. The molecular formula is C74H42N4S2. The van der Waals surface area contributed by atoms with Gasteiger partial charge < -0.3 is 9.13 Å². The van der Waals surface area contributed by atoms with Crippen LogP contribution in [0.5, 0.6) is 0 Å². The van der Waals surface area contributed by atoms with Crippen LogP contribution in [0.4, 0.5) is 5.69 Å². The molecule has 4 nitrogen and oxygen atoms in total. The van der Waals surface area contributed by atoms with Gasteiger partial charge in [-0.15, -0.1) is 22.7 Å². The minimum Gasteiger partial charge on any atom is -0.318 e. The Bertz CT molecular complexity index is 5190. The van der Waals surface area contributed by atoms with Gasteiger partial charge in [0.15, 0.2) is 0 Å². The molecule has 0 fully saturated rings. The van der Waals surface area contributed by atoms with Gasteiger partial charge in [0.2, 0.25) is 5.69 Å². The lowest BCUT2D eigenvalue weighted by Gasteiger charge is -2.26. The number of para-hydroxylation sites is 2. The van der Waals surface area contributed by atoms with E-state index in [9.17, 15) is 11.8 Å². The molecule has 16 rings (SSSR count). The van der Waals surface area contributed by atoms with Gasteiger partial charge in [0, 0.05) is 63.6 Å². The van der Waals surface area contributed by atoms with Gasteiger partial charge in [-0.2, -0.15) is 5.26 Å². The number of nitriles is 1. The molecule has 12 aromatic carbocycles. The van der Waals surface area contributed by atoms with Crippen molar-refractivity contribution >= 4 is 112 Å². The first kappa shape index (κ1) is 45.8. The Morgan fingerprint density at radius 3 is 1.44 bits per heavy atom. The molecule has 0 saturated heterocycles. The third-order valence-electron chi connectivity index (χ3n) is 16.1. The number of aromatic nitrogens is 2. The normalized spacial score (nSPS) is 11.7. The first-order valence-electron chi connectivity index (χ1n) is 26.8. The second kappa shape index (κ2) is 18.1. The van der Waals surface area contributed by atoms with E-state index < -0.39 is 0 Å². The van der Waals surface area contributed by atoms with Crippen molar-refractivity contribution in [1.82, 2.24) is 9.13 Å². The molecule has 0 aliphatic heterocycles. The van der Waals surface area contributed by atoms with Crippen molar-refractivity contribution in [2.45, 2.75) is 0 Å². The van der Waals surface area contributed by atoms with E-state index in [-0.39, 0.29) is 0 Å². The number of nitrogens with zero attached hydrogens (tertiary/aromatic N) is 4. The molecule has 0 unspecified atom stereocenters. The van der Waals surface area contributed by atoms with Gasteiger partial charge in [0.1, 0.15) is 6.07 Å². The minimum atomic E-state index is 0.394. The molecule has 0 saturated carbocycles. The molecule has 16 aromatic rings. The quantitative estimate of drug-likeness (QED) is 0.147. The lowest BCUT2D eigenvalue weighted by molar-refractivity contribution is 1.14. The predicted octanol–water partition coefficient (Wildman–Crippen LogP) is 21.4. The maximum atomic E-state index is 12.7. The van der Waals surface area contributed by atoms with Crippen molar-refractivity contribution in [2.24, 2.45) is 0 Å². The molecular weight excluding hydrogens is 1010 g/mol. The van der Waals surface area contributed by atoms with Crippen molar-refractivity contribution in [3.63, 3.8) is 0 Å². The zero-order valence-corrected chi connectivity index (χ0v) is 44.5. The molecule has 0 amide bonds. The monoisotopic (exact) mass is 1050 g/mol. The summed E-state index contributed by atoms with van der Waals surface area (Å²) in [5, 5.41) is 21.7. The van der Waals surface area contributed by atoms with E-state index in [1.807, 2.05) is 29.5 Å². The minimum absolute atomic E-state index is 0.394. The van der Waals surface area contributed by atoms with Gasteiger partial charge >= 0.3 is 0 Å². The average molecular weight is 1050 g/mol. The summed E-state index contributed by atoms with van der Waals surface area (Å²) in [5.74, 6) is 0. The van der Waals surface area contributed by atoms with E-state index in [4.69, 9.17) is 4.85 Å². The molecule has 0 spiro atoms. The number of benzene rings is 12. The van der Waals surface area contributed by atoms with E-state index in [1.165, 1.54) is 25.6 Å². The van der Waals surface area contributed by atoms with Crippen LogP contribution in [0.15, 0.2) is 255 Å². The fourth-order valence-electron chi connectivity index (χ4n) is 12.8. The molecule has 4 heterocycles. The first-order chi connectivity index (χ1) is 39.6. The molecule has 0 aliphatic carbocycles.